The van der Waals surface area contributed by atoms with Gasteiger partial charge in [0.2, 0.25) is 5.91 Å². The minimum absolute atomic E-state index is 0.0115. The number of nitrogens with one attached hydrogen (secondary N) is 2. The first-order valence-corrected chi connectivity index (χ1v) is 9.73. The molecule has 7 nitrogen and oxygen atoms in total. The van der Waals surface area contributed by atoms with Gasteiger partial charge in [-0.3, -0.25) is 4.79 Å². The summed E-state index contributed by atoms with van der Waals surface area (Å²) in [6.07, 6.45) is 2.04. The number of carbonyl (C=O) groups excluding carboxylic acids is 2. The highest BCUT2D eigenvalue weighted by Gasteiger charge is 2.31. The summed E-state index contributed by atoms with van der Waals surface area (Å²) in [7, 11) is 3.25. The zero-order valence-electron chi connectivity index (χ0n) is 16.8. The summed E-state index contributed by atoms with van der Waals surface area (Å²) in [5.74, 6) is 1.49. The van der Waals surface area contributed by atoms with Gasteiger partial charge in [-0.1, -0.05) is 18.2 Å². The highest BCUT2D eigenvalue weighted by atomic mass is 16.5. The highest BCUT2D eigenvalue weighted by molar-refractivity contribution is 5.89. The molecular weight excluding hydrogens is 370 g/mol. The van der Waals surface area contributed by atoms with Crippen molar-refractivity contribution in [3.63, 3.8) is 0 Å². The van der Waals surface area contributed by atoms with Gasteiger partial charge in [-0.05, 0) is 43.2 Å². The van der Waals surface area contributed by atoms with E-state index in [1.54, 1.807) is 26.4 Å². The summed E-state index contributed by atoms with van der Waals surface area (Å²) < 4.78 is 10.8. The van der Waals surface area contributed by atoms with Crippen molar-refractivity contribution in [2.75, 3.05) is 32.6 Å². The Balaban J connectivity index is 1.57. The lowest BCUT2D eigenvalue weighted by Gasteiger charge is -2.27. The molecule has 2 aromatic carbocycles. The van der Waals surface area contributed by atoms with E-state index in [-0.39, 0.29) is 30.9 Å². The predicted octanol–water partition coefficient (Wildman–Crippen LogP) is 3.58. The van der Waals surface area contributed by atoms with Gasteiger partial charge in [0.05, 0.1) is 20.3 Å². The zero-order chi connectivity index (χ0) is 20.6. The third kappa shape index (κ3) is 5.19. The first-order chi connectivity index (χ1) is 14.1. The van der Waals surface area contributed by atoms with Crippen LogP contribution in [-0.4, -0.2) is 44.1 Å². The Labute approximate surface area is 171 Å². The number of urea groups is 1. The molecule has 3 amide bonds. The average molecular weight is 397 g/mol. The number of benzene rings is 2. The van der Waals surface area contributed by atoms with E-state index in [0.29, 0.717) is 12.2 Å². The van der Waals surface area contributed by atoms with Gasteiger partial charge in [0, 0.05) is 30.8 Å². The van der Waals surface area contributed by atoms with Crippen LogP contribution in [0.25, 0.3) is 0 Å². The molecule has 29 heavy (non-hydrogen) atoms. The number of hydrogen-bond acceptors (Lipinski definition) is 4. The van der Waals surface area contributed by atoms with Crippen molar-refractivity contribution < 1.29 is 19.1 Å². The summed E-state index contributed by atoms with van der Waals surface area (Å²) in [5.41, 5.74) is 1.66. The maximum absolute atomic E-state index is 12.8. The number of methoxy groups -OCH3 is 2. The molecule has 0 spiro atoms. The van der Waals surface area contributed by atoms with Crippen LogP contribution in [-0.2, 0) is 4.79 Å². The van der Waals surface area contributed by atoms with Crippen molar-refractivity contribution in [1.29, 1.82) is 0 Å². The first kappa shape index (κ1) is 20.5. The largest absolute Gasteiger partial charge is 0.497 e. The molecule has 1 saturated heterocycles. The molecule has 1 heterocycles. The van der Waals surface area contributed by atoms with Crippen LogP contribution in [0.4, 0.5) is 10.5 Å². The van der Waals surface area contributed by atoms with Gasteiger partial charge in [0.1, 0.15) is 11.5 Å². The quantitative estimate of drug-likeness (QED) is 0.748. The molecule has 2 aromatic rings. The third-order valence-corrected chi connectivity index (χ3v) is 5.03. The molecule has 1 atom stereocenters. The Kier molecular flexibility index (Phi) is 6.94. The Morgan fingerprint density at radius 2 is 1.90 bits per heavy atom. The number of rotatable bonds is 7. The molecule has 0 aliphatic carbocycles. The van der Waals surface area contributed by atoms with Gasteiger partial charge < -0.3 is 25.0 Å². The lowest BCUT2D eigenvalue weighted by atomic mass is 10.0. The van der Waals surface area contributed by atoms with E-state index < -0.39 is 0 Å². The summed E-state index contributed by atoms with van der Waals surface area (Å²) in [4.78, 5) is 26.7. The molecule has 0 unspecified atom stereocenters. The second-order valence-electron chi connectivity index (χ2n) is 6.85. The number of likely N-dealkylation sites (tertiary alicyclic amines) is 1. The normalized spacial score (nSPS) is 15.7. The lowest BCUT2D eigenvalue weighted by Crippen LogP contribution is -2.35. The minimum atomic E-state index is -0.323. The summed E-state index contributed by atoms with van der Waals surface area (Å²) in [6, 6.07) is 14.5. The molecule has 1 fully saturated rings. The highest BCUT2D eigenvalue weighted by Crippen LogP contribution is 2.39. The van der Waals surface area contributed by atoms with Crippen LogP contribution < -0.4 is 20.1 Å². The van der Waals surface area contributed by atoms with Gasteiger partial charge in [-0.2, -0.15) is 0 Å². The van der Waals surface area contributed by atoms with Gasteiger partial charge in [-0.15, -0.1) is 0 Å². The fourth-order valence-corrected chi connectivity index (χ4v) is 3.61. The Morgan fingerprint density at radius 1 is 1.10 bits per heavy atom. The van der Waals surface area contributed by atoms with Gasteiger partial charge in [-0.25, -0.2) is 4.79 Å². The van der Waals surface area contributed by atoms with E-state index in [1.165, 1.54) is 0 Å². The Morgan fingerprint density at radius 3 is 2.62 bits per heavy atom. The third-order valence-electron chi connectivity index (χ3n) is 5.03. The smallest absolute Gasteiger partial charge is 0.319 e. The van der Waals surface area contributed by atoms with Crippen molar-refractivity contribution in [2.45, 2.75) is 25.3 Å². The number of ether oxygens (including phenoxy) is 2. The molecule has 154 valence electrons. The fraction of sp³-hybridized carbons (Fsp3) is 0.364. The molecule has 0 radical (unpaired) electrons. The minimum Gasteiger partial charge on any atom is -0.497 e. The van der Waals surface area contributed by atoms with Crippen molar-refractivity contribution in [3.8, 4) is 11.5 Å². The maximum atomic E-state index is 12.8. The van der Waals surface area contributed by atoms with Crippen LogP contribution in [0.15, 0.2) is 48.5 Å². The summed E-state index contributed by atoms with van der Waals surface area (Å²) in [5, 5.41) is 5.48. The molecule has 1 aliphatic rings. The topological polar surface area (TPSA) is 79.9 Å². The molecule has 2 N–H and O–H groups in total. The number of anilines is 1. The molecule has 0 bridgehead atoms. The van der Waals surface area contributed by atoms with Gasteiger partial charge in [0.15, 0.2) is 0 Å². The SMILES string of the molecule is COc1ccc(OC)c([C@H]2CCCN2C(=O)CCNC(=O)Nc2ccccc2)c1. The van der Waals surface area contributed by atoms with Crippen LogP contribution in [0, 0.1) is 0 Å². The van der Waals surface area contributed by atoms with Crippen LogP contribution in [0.1, 0.15) is 30.9 Å². The standard InChI is InChI=1S/C22H27N3O4/c1-28-17-10-11-20(29-2)18(15-17)19-9-6-14-25(19)21(26)12-13-23-22(27)24-16-7-4-3-5-8-16/h3-5,7-8,10-11,15,19H,6,9,12-14H2,1-2H3,(H2,23,24,27)/t19-/m1/s1. The molecule has 0 aromatic heterocycles. The van der Waals surface area contributed by atoms with Gasteiger partial charge >= 0.3 is 6.03 Å². The number of nitrogens with zero attached hydrogens (tertiary/aromatic N) is 1. The van der Waals surface area contributed by atoms with Crippen LogP contribution in [0.5, 0.6) is 11.5 Å². The summed E-state index contributed by atoms with van der Waals surface area (Å²) in [6.45, 7) is 0.968. The first-order valence-electron chi connectivity index (χ1n) is 9.73. The van der Waals surface area contributed by atoms with E-state index in [4.69, 9.17) is 9.47 Å². The van der Waals surface area contributed by atoms with E-state index >= 15 is 0 Å². The average Bonchev–Trinajstić information content (AvgIpc) is 3.23. The number of hydrogen-bond donors (Lipinski definition) is 2. The van der Waals surface area contributed by atoms with Crippen molar-refractivity contribution in [2.24, 2.45) is 0 Å². The fourth-order valence-electron chi connectivity index (χ4n) is 3.61. The number of carbonyl (C=O) groups is 2. The summed E-state index contributed by atoms with van der Waals surface area (Å²) >= 11 is 0. The number of amides is 3. The zero-order valence-corrected chi connectivity index (χ0v) is 16.8. The Bertz CT molecular complexity index is 841. The van der Waals surface area contributed by atoms with E-state index in [1.807, 2.05) is 41.3 Å². The molecule has 0 saturated carbocycles. The second-order valence-corrected chi connectivity index (χ2v) is 6.85. The van der Waals surface area contributed by atoms with Crippen molar-refractivity contribution >= 4 is 17.6 Å². The van der Waals surface area contributed by atoms with Crippen LogP contribution in [0.3, 0.4) is 0 Å². The lowest BCUT2D eigenvalue weighted by molar-refractivity contribution is -0.132. The monoisotopic (exact) mass is 397 g/mol. The van der Waals surface area contributed by atoms with Crippen molar-refractivity contribution in [3.05, 3.63) is 54.1 Å². The number of para-hydroxylation sites is 1. The maximum Gasteiger partial charge on any atom is 0.319 e. The van der Waals surface area contributed by atoms with Crippen LogP contribution in [0.2, 0.25) is 0 Å². The molecular formula is C22H27N3O4. The molecule has 7 heteroatoms. The molecule has 3 rings (SSSR count). The van der Waals surface area contributed by atoms with E-state index in [9.17, 15) is 9.59 Å². The molecule has 1 aliphatic heterocycles. The van der Waals surface area contributed by atoms with Crippen LogP contribution >= 0.6 is 0 Å². The second kappa shape index (κ2) is 9.82. The predicted molar refractivity (Wildman–Crippen MR) is 111 cm³/mol. The Hall–Kier alpha value is -3.22. The van der Waals surface area contributed by atoms with E-state index in [2.05, 4.69) is 10.6 Å². The van der Waals surface area contributed by atoms with E-state index in [0.717, 1.165) is 29.9 Å². The van der Waals surface area contributed by atoms with Gasteiger partial charge in [0.25, 0.3) is 0 Å². The van der Waals surface area contributed by atoms with Crippen molar-refractivity contribution in [1.82, 2.24) is 10.2 Å².